The number of hydrogen-bond acceptors (Lipinski definition) is 6. The first-order valence-electron chi connectivity index (χ1n) is 9.29. The summed E-state index contributed by atoms with van der Waals surface area (Å²) in [4.78, 5) is 22.8. The van der Waals surface area contributed by atoms with Crippen LogP contribution in [0.5, 0.6) is 5.75 Å². The average molecular weight is 413 g/mol. The van der Waals surface area contributed by atoms with E-state index in [1.165, 1.54) is 28.9 Å². The number of nitro groups is 1. The highest BCUT2D eigenvalue weighted by Gasteiger charge is 2.18. The zero-order valence-corrected chi connectivity index (χ0v) is 16.2. The van der Waals surface area contributed by atoms with Crippen molar-refractivity contribution in [2.75, 3.05) is 13.2 Å². The Labute approximate surface area is 171 Å². The van der Waals surface area contributed by atoms with E-state index >= 15 is 0 Å². The van der Waals surface area contributed by atoms with Gasteiger partial charge < -0.3 is 10.1 Å². The molecular formula is C20H20FN5O4. The summed E-state index contributed by atoms with van der Waals surface area (Å²) in [6.07, 6.45) is 1.39. The third kappa shape index (κ3) is 5.16. The Balaban J connectivity index is 1.48. The van der Waals surface area contributed by atoms with Crippen molar-refractivity contribution in [1.82, 2.24) is 20.3 Å². The lowest BCUT2D eigenvalue weighted by atomic mass is 10.2. The Bertz CT molecular complexity index is 1040. The molecule has 3 rings (SSSR count). The molecule has 30 heavy (non-hydrogen) atoms. The number of halogens is 1. The first kappa shape index (κ1) is 20.9. The van der Waals surface area contributed by atoms with E-state index < -0.39 is 4.92 Å². The number of carbonyl (C=O) groups is 1. The monoisotopic (exact) mass is 413 g/mol. The highest BCUT2D eigenvalue weighted by molar-refractivity contribution is 5.93. The van der Waals surface area contributed by atoms with Crippen molar-refractivity contribution >= 4 is 11.6 Å². The van der Waals surface area contributed by atoms with E-state index in [9.17, 15) is 19.3 Å². The largest absolute Gasteiger partial charge is 0.494 e. The average Bonchev–Trinajstić information content (AvgIpc) is 3.13. The molecule has 9 nitrogen and oxygen atoms in total. The van der Waals surface area contributed by atoms with Crippen LogP contribution >= 0.6 is 0 Å². The molecule has 1 amide bonds. The van der Waals surface area contributed by atoms with E-state index in [0.29, 0.717) is 43.1 Å². The number of non-ortho nitro benzene ring substituents is 1. The molecule has 0 bridgehead atoms. The molecule has 0 aliphatic heterocycles. The summed E-state index contributed by atoms with van der Waals surface area (Å²) in [5, 5.41) is 21.6. The van der Waals surface area contributed by atoms with Crippen LogP contribution in [0.4, 0.5) is 10.1 Å². The molecular weight excluding hydrogens is 393 g/mol. The van der Waals surface area contributed by atoms with Crippen molar-refractivity contribution in [3.8, 4) is 11.4 Å². The molecule has 0 spiro atoms. The normalized spacial score (nSPS) is 10.6. The smallest absolute Gasteiger partial charge is 0.273 e. The van der Waals surface area contributed by atoms with E-state index in [-0.39, 0.29) is 23.1 Å². The van der Waals surface area contributed by atoms with Gasteiger partial charge >= 0.3 is 0 Å². The molecule has 1 heterocycles. The van der Waals surface area contributed by atoms with Gasteiger partial charge in [0.05, 0.1) is 22.9 Å². The number of nitro benzene ring substituents is 1. The highest BCUT2D eigenvalue weighted by Crippen LogP contribution is 2.18. The third-order valence-corrected chi connectivity index (χ3v) is 4.33. The fraction of sp³-hybridized carbons (Fsp3) is 0.250. The Kier molecular flexibility index (Phi) is 6.68. The zero-order chi connectivity index (χ0) is 21.5. The summed E-state index contributed by atoms with van der Waals surface area (Å²) in [5.41, 5.74) is 1.01. The van der Waals surface area contributed by atoms with Gasteiger partial charge in [0.1, 0.15) is 11.6 Å². The van der Waals surface area contributed by atoms with Gasteiger partial charge in [-0.2, -0.15) is 0 Å². The number of nitrogens with zero attached hydrogens (tertiary/aromatic N) is 4. The second-order valence-corrected chi connectivity index (χ2v) is 6.48. The zero-order valence-electron chi connectivity index (χ0n) is 16.2. The number of ether oxygens (including phenoxy) is 1. The summed E-state index contributed by atoms with van der Waals surface area (Å²) in [6.45, 7) is 2.54. The summed E-state index contributed by atoms with van der Waals surface area (Å²) < 4.78 is 19.7. The Morgan fingerprint density at radius 2 is 2.00 bits per heavy atom. The maximum absolute atomic E-state index is 12.8. The molecule has 156 valence electrons. The van der Waals surface area contributed by atoms with Gasteiger partial charge in [-0.05, 0) is 50.1 Å². The molecule has 2 aromatic carbocycles. The van der Waals surface area contributed by atoms with Crippen LogP contribution in [0.1, 0.15) is 29.0 Å². The Morgan fingerprint density at radius 1 is 1.23 bits per heavy atom. The van der Waals surface area contributed by atoms with E-state index in [2.05, 4.69) is 15.6 Å². The minimum Gasteiger partial charge on any atom is -0.494 e. The number of nitrogens with one attached hydrogen (secondary N) is 1. The fourth-order valence-electron chi connectivity index (χ4n) is 2.76. The standard InChI is InChI=1S/C20H20FN5O4/c1-14-19(23-24-25(14)16-5-4-6-17(13-16)26(28)29)20(27)22-11-2-3-12-30-18-9-7-15(21)8-10-18/h4-10,13H,2-3,11-12H2,1H3,(H,22,27). The van der Waals surface area contributed by atoms with Gasteiger partial charge in [0, 0.05) is 18.7 Å². The summed E-state index contributed by atoms with van der Waals surface area (Å²) in [5.74, 6) is -0.0970. The molecule has 10 heteroatoms. The number of rotatable bonds is 9. The highest BCUT2D eigenvalue weighted by atomic mass is 19.1. The number of benzene rings is 2. The molecule has 0 saturated carbocycles. The first-order chi connectivity index (χ1) is 14.5. The lowest BCUT2D eigenvalue weighted by Crippen LogP contribution is -2.26. The maximum Gasteiger partial charge on any atom is 0.273 e. The van der Waals surface area contributed by atoms with Crippen molar-refractivity contribution in [2.45, 2.75) is 19.8 Å². The van der Waals surface area contributed by atoms with Gasteiger partial charge in [-0.15, -0.1) is 5.10 Å². The van der Waals surface area contributed by atoms with Crippen molar-refractivity contribution in [1.29, 1.82) is 0 Å². The number of hydrogen-bond donors (Lipinski definition) is 1. The maximum atomic E-state index is 12.8. The molecule has 3 aromatic rings. The van der Waals surface area contributed by atoms with Crippen LogP contribution in [0.25, 0.3) is 5.69 Å². The van der Waals surface area contributed by atoms with Crippen LogP contribution in [0.2, 0.25) is 0 Å². The van der Waals surface area contributed by atoms with Gasteiger partial charge in [0.25, 0.3) is 11.6 Å². The summed E-state index contributed by atoms with van der Waals surface area (Å²) in [7, 11) is 0. The van der Waals surface area contributed by atoms with Crippen LogP contribution in [0, 0.1) is 22.9 Å². The van der Waals surface area contributed by atoms with Gasteiger partial charge in [-0.3, -0.25) is 14.9 Å². The quantitative estimate of drug-likeness (QED) is 0.327. The lowest BCUT2D eigenvalue weighted by Gasteiger charge is -2.07. The van der Waals surface area contributed by atoms with Crippen molar-refractivity contribution in [2.24, 2.45) is 0 Å². The molecule has 0 saturated heterocycles. The number of unbranched alkanes of at least 4 members (excludes halogenated alkanes) is 1. The molecule has 0 atom stereocenters. The second-order valence-electron chi connectivity index (χ2n) is 6.48. The molecule has 0 aliphatic rings. The van der Waals surface area contributed by atoms with Crippen LogP contribution in [-0.4, -0.2) is 39.0 Å². The minimum atomic E-state index is -0.497. The molecule has 1 N–H and O–H groups in total. The Hall–Kier alpha value is -3.82. The first-order valence-corrected chi connectivity index (χ1v) is 9.29. The molecule has 1 aromatic heterocycles. The van der Waals surface area contributed by atoms with Crippen molar-refractivity contribution in [3.05, 3.63) is 75.9 Å². The predicted octanol–water partition coefficient (Wildman–Crippen LogP) is 3.21. The molecule has 0 fully saturated rings. The molecule has 0 unspecified atom stereocenters. The topological polar surface area (TPSA) is 112 Å². The van der Waals surface area contributed by atoms with Crippen LogP contribution in [-0.2, 0) is 0 Å². The fourth-order valence-corrected chi connectivity index (χ4v) is 2.76. The lowest BCUT2D eigenvalue weighted by molar-refractivity contribution is -0.384. The number of amides is 1. The molecule has 0 aliphatic carbocycles. The minimum absolute atomic E-state index is 0.0729. The van der Waals surface area contributed by atoms with Crippen LogP contribution < -0.4 is 10.1 Å². The van der Waals surface area contributed by atoms with Crippen LogP contribution in [0.3, 0.4) is 0 Å². The van der Waals surface area contributed by atoms with Crippen molar-refractivity contribution < 1.29 is 18.8 Å². The van der Waals surface area contributed by atoms with Crippen molar-refractivity contribution in [3.63, 3.8) is 0 Å². The number of carbonyl (C=O) groups excluding carboxylic acids is 1. The third-order valence-electron chi connectivity index (χ3n) is 4.33. The van der Waals surface area contributed by atoms with E-state index in [1.54, 1.807) is 31.2 Å². The van der Waals surface area contributed by atoms with Gasteiger partial charge in [-0.1, -0.05) is 11.3 Å². The SMILES string of the molecule is Cc1c(C(=O)NCCCCOc2ccc(F)cc2)nnn1-c1cccc([N+](=O)[O-])c1. The second kappa shape index (κ2) is 9.59. The van der Waals surface area contributed by atoms with Gasteiger partial charge in [0.15, 0.2) is 5.69 Å². The summed E-state index contributed by atoms with van der Waals surface area (Å²) in [6, 6.07) is 11.7. The van der Waals surface area contributed by atoms with Crippen LogP contribution in [0.15, 0.2) is 48.5 Å². The molecule has 0 radical (unpaired) electrons. The van der Waals surface area contributed by atoms with E-state index in [0.717, 1.165) is 0 Å². The van der Waals surface area contributed by atoms with E-state index in [4.69, 9.17) is 4.74 Å². The number of aromatic nitrogens is 3. The Morgan fingerprint density at radius 3 is 2.73 bits per heavy atom. The van der Waals surface area contributed by atoms with E-state index in [1.807, 2.05) is 0 Å². The van der Waals surface area contributed by atoms with Gasteiger partial charge in [0.2, 0.25) is 0 Å². The van der Waals surface area contributed by atoms with Gasteiger partial charge in [-0.25, -0.2) is 9.07 Å². The predicted molar refractivity (Wildman–Crippen MR) is 106 cm³/mol. The summed E-state index contributed by atoms with van der Waals surface area (Å²) >= 11 is 0.